The first-order chi connectivity index (χ1) is 9.10. The third kappa shape index (κ3) is 3.15. The number of anilines is 1. The van der Waals surface area contributed by atoms with Crippen LogP contribution in [0.5, 0.6) is 0 Å². The molecule has 0 saturated carbocycles. The maximum absolute atomic E-state index is 12.2. The average molecular weight is 268 g/mol. The predicted octanol–water partition coefficient (Wildman–Crippen LogP) is 3.41. The molecular weight excluding hydrogens is 256 g/mol. The van der Waals surface area contributed by atoms with E-state index in [0.29, 0.717) is 16.8 Å². The van der Waals surface area contributed by atoms with Crippen LogP contribution in [-0.2, 0) is 0 Å². The largest absolute Gasteiger partial charge is 0.322 e. The van der Waals surface area contributed by atoms with Crippen molar-refractivity contribution >= 4 is 24.2 Å². The highest BCUT2D eigenvalue weighted by Crippen LogP contribution is 2.17. The summed E-state index contributed by atoms with van der Waals surface area (Å²) >= 11 is 4.23. The second-order valence-corrected chi connectivity index (χ2v) is 4.66. The number of carbonyl (C=O) groups excluding carboxylic acids is 1. The standard InChI is InChI=1S/C15H12N2OS/c1-10-5-6-13(19)8-14(10)15(18)17-12-4-2-3-11(7-12)9-16/h2-8,19H,1H3,(H,17,18). The maximum atomic E-state index is 12.2. The Morgan fingerprint density at radius 3 is 2.79 bits per heavy atom. The Balaban J connectivity index is 2.26. The number of hydrogen-bond donors (Lipinski definition) is 2. The lowest BCUT2D eigenvalue weighted by Crippen LogP contribution is -2.13. The molecule has 0 radical (unpaired) electrons. The molecule has 2 aromatic carbocycles. The zero-order valence-corrected chi connectivity index (χ0v) is 11.2. The van der Waals surface area contributed by atoms with Gasteiger partial charge >= 0.3 is 0 Å². The Kier molecular flexibility index (Phi) is 3.88. The van der Waals surface area contributed by atoms with Gasteiger partial charge in [-0.25, -0.2) is 0 Å². The molecule has 4 heteroatoms. The van der Waals surface area contributed by atoms with E-state index in [2.05, 4.69) is 17.9 Å². The number of nitriles is 1. The Morgan fingerprint density at radius 1 is 1.26 bits per heavy atom. The van der Waals surface area contributed by atoms with Crippen molar-refractivity contribution in [1.82, 2.24) is 0 Å². The first-order valence-electron chi connectivity index (χ1n) is 5.71. The zero-order chi connectivity index (χ0) is 13.8. The maximum Gasteiger partial charge on any atom is 0.255 e. The molecule has 0 fully saturated rings. The van der Waals surface area contributed by atoms with Crippen LogP contribution in [0.25, 0.3) is 0 Å². The Morgan fingerprint density at radius 2 is 2.05 bits per heavy atom. The van der Waals surface area contributed by atoms with Crippen LogP contribution < -0.4 is 5.32 Å². The van der Waals surface area contributed by atoms with Crippen LogP contribution in [0.1, 0.15) is 21.5 Å². The van der Waals surface area contributed by atoms with Gasteiger partial charge in [-0.1, -0.05) is 12.1 Å². The van der Waals surface area contributed by atoms with Crippen LogP contribution in [0.15, 0.2) is 47.4 Å². The molecule has 0 aliphatic rings. The molecule has 0 bridgehead atoms. The normalized spacial score (nSPS) is 9.74. The van der Waals surface area contributed by atoms with Crippen molar-refractivity contribution in [1.29, 1.82) is 5.26 Å². The molecular formula is C15H12N2OS. The van der Waals surface area contributed by atoms with E-state index in [1.165, 1.54) is 0 Å². The molecule has 0 spiro atoms. The van der Waals surface area contributed by atoms with E-state index in [-0.39, 0.29) is 5.91 Å². The van der Waals surface area contributed by atoms with E-state index < -0.39 is 0 Å². The predicted molar refractivity (Wildman–Crippen MR) is 77.5 cm³/mol. The quantitative estimate of drug-likeness (QED) is 0.820. The molecule has 94 valence electrons. The minimum absolute atomic E-state index is 0.205. The molecule has 1 amide bonds. The summed E-state index contributed by atoms with van der Waals surface area (Å²) < 4.78 is 0. The van der Waals surface area contributed by atoms with Gasteiger partial charge in [-0.05, 0) is 42.8 Å². The van der Waals surface area contributed by atoms with Crippen molar-refractivity contribution in [3.63, 3.8) is 0 Å². The smallest absolute Gasteiger partial charge is 0.255 e. The highest BCUT2D eigenvalue weighted by molar-refractivity contribution is 7.80. The molecule has 0 aliphatic carbocycles. The van der Waals surface area contributed by atoms with Gasteiger partial charge in [0.05, 0.1) is 11.6 Å². The Hall–Kier alpha value is -2.25. The second kappa shape index (κ2) is 5.59. The topological polar surface area (TPSA) is 52.9 Å². The highest BCUT2D eigenvalue weighted by Gasteiger charge is 2.09. The van der Waals surface area contributed by atoms with Crippen molar-refractivity contribution in [3.05, 3.63) is 59.2 Å². The summed E-state index contributed by atoms with van der Waals surface area (Å²) in [7, 11) is 0. The molecule has 1 N–H and O–H groups in total. The summed E-state index contributed by atoms with van der Waals surface area (Å²) in [5.41, 5.74) is 2.58. The van der Waals surface area contributed by atoms with Gasteiger partial charge in [-0.15, -0.1) is 12.6 Å². The first kappa shape index (κ1) is 13.2. The van der Waals surface area contributed by atoms with E-state index in [0.717, 1.165) is 10.5 Å². The van der Waals surface area contributed by atoms with Gasteiger partial charge in [0, 0.05) is 16.1 Å². The molecule has 0 aliphatic heterocycles. The molecule has 19 heavy (non-hydrogen) atoms. The van der Waals surface area contributed by atoms with Gasteiger partial charge in [-0.3, -0.25) is 4.79 Å². The van der Waals surface area contributed by atoms with Crippen LogP contribution in [0.3, 0.4) is 0 Å². The molecule has 2 rings (SSSR count). The fourth-order valence-electron chi connectivity index (χ4n) is 1.72. The summed E-state index contributed by atoms with van der Waals surface area (Å²) in [6.07, 6.45) is 0. The number of hydrogen-bond acceptors (Lipinski definition) is 3. The van der Waals surface area contributed by atoms with Crippen molar-refractivity contribution in [2.75, 3.05) is 5.32 Å². The summed E-state index contributed by atoms with van der Waals surface area (Å²) in [5.74, 6) is -0.205. The summed E-state index contributed by atoms with van der Waals surface area (Å²) in [6.45, 7) is 1.87. The fraction of sp³-hybridized carbons (Fsp3) is 0.0667. The van der Waals surface area contributed by atoms with Crippen molar-refractivity contribution in [2.45, 2.75) is 11.8 Å². The first-order valence-corrected chi connectivity index (χ1v) is 6.16. The number of nitrogens with one attached hydrogen (secondary N) is 1. The Labute approximate surface area is 117 Å². The number of rotatable bonds is 2. The third-order valence-electron chi connectivity index (χ3n) is 2.72. The van der Waals surface area contributed by atoms with Gasteiger partial charge in [0.25, 0.3) is 5.91 Å². The fourth-order valence-corrected chi connectivity index (χ4v) is 1.92. The SMILES string of the molecule is Cc1ccc(S)cc1C(=O)Nc1cccc(C#N)c1. The molecule has 2 aromatic rings. The lowest BCUT2D eigenvalue weighted by molar-refractivity contribution is 0.102. The van der Waals surface area contributed by atoms with E-state index in [9.17, 15) is 4.79 Å². The number of nitrogens with zero attached hydrogens (tertiary/aromatic N) is 1. The number of benzene rings is 2. The van der Waals surface area contributed by atoms with Crippen LogP contribution in [0.4, 0.5) is 5.69 Å². The zero-order valence-electron chi connectivity index (χ0n) is 10.3. The number of aryl methyl sites for hydroxylation is 1. The van der Waals surface area contributed by atoms with Gasteiger partial charge in [0.2, 0.25) is 0 Å². The minimum Gasteiger partial charge on any atom is -0.322 e. The van der Waals surface area contributed by atoms with Crippen LogP contribution in [-0.4, -0.2) is 5.91 Å². The number of thiol groups is 1. The lowest BCUT2D eigenvalue weighted by atomic mass is 10.1. The van der Waals surface area contributed by atoms with Crippen LogP contribution >= 0.6 is 12.6 Å². The molecule has 0 saturated heterocycles. The minimum atomic E-state index is -0.205. The molecule has 3 nitrogen and oxygen atoms in total. The third-order valence-corrected chi connectivity index (χ3v) is 2.99. The van der Waals surface area contributed by atoms with Gasteiger partial charge in [0.15, 0.2) is 0 Å². The van der Waals surface area contributed by atoms with Crippen molar-refractivity contribution in [2.24, 2.45) is 0 Å². The summed E-state index contributed by atoms with van der Waals surface area (Å²) in [5, 5.41) is 11.6. The monoisotopic (exact) mass is 268 g/mol. The van der Waals surface area contributed by atoms with Gasteiger partial charge < -0.3 is 5.32 Å². The second-order valence-electron chi connectivity index (χ2n) is 4.15. The average Bonchev–Trinajstić information content (AvgIpc) is 2.41. The van der Waals surface area contributed by atoms with Crippen LogP contribution in [0, 0.1) is 18.3 Å². The number of carbonyl (C=O) groups is 1. The molecule has 0 heterocycles. The summed E-state index contributed by atoms with van der Waals surface area (Å²) in [6, 6.07) is 14.3. The highest BCUT2D eigenvalue weighted by atomic mass is 32.1. The van der Waals surface area contributed by atoms with Crippen molar-refractivity contribution < 1.29 is 4.79 Å². The molecule has 0 unspecified atom stereocenters. The Bertz CT molecular complexity index is 674. The van der Waals surface area contributed by atoms with E-state index in [1.54, 1.807) is 30.3 Å². The molecule has 0 atom stereocenters. The van der Waals surface area contributed by atoms with E-state index >= 15 is 0 Å². The lowest BCUT2D eigenvalue weighted by Gasteiger charge is -2.08. The van der Waals surface area contributed by atoms with Gasteiger partial charge in [0.1, 0.15) is 0 Å². The van der Waals surface area contributed by atoms with Gasteiger partial charge in [-0.2, -0.15) is 5.26 Å². The van der Waals surface area contributed by atoms with E-state index in [4.69, 9.17) is 5.26 Å². The van der Waals surface area contributed by atoms with Crippen LogP contribution in [0.2, 0.25) is 0 Å². The molecule has 0 aromatic heterocycles. The summed E-state index contributed by atoms with van der Waals surface area (Å²) in [4.78, 5) is 12.9. The van der Waals surface area contributed by atoms with E-state index in [1.807, 2.05) is 25.1 Å². The number of amides is 1. The van der Waals surface area contributed by atoms with Crippen molar-refractivity contribution in [3.8, 4) is 6.07 Å².